The Balaban J connectivity index is 3.45. The lowest BCUT2D eigenvalue weighted by Gasteiger charge is -2.25. The summed E-state index contributed by atoms with van der Waals surface area (Å²) in [5.74, 6) is -0.0226. The van der Waals surface area contributed by atoms with Crippen molar-refractivity contribution in [2.75, 3.05) is 30.2 Å². The van der Waals surface area contributed by atoms with Crippen molar-refractivity contribution in [1.29, 1.82) is 5.41 Å². The molecule has 0 bridgehead atoms. The Morgan fingerprint density at radius 2 is 1.89 bits per heavy atom. The normalized spacial score (nSPS) is 9.93. The molecule has 0 unspecified atom stereocenters. The number of hydrogen-bond donors (Lipinski definition) is 3. The molecule has 10 heteroatoms. The largest absolute Gasteiger partial charge is 0.453 e. The van der Waals surface area contributed by atoms with Crippen LogP contribution in [0.4, 0.5) is 21.0 Å². The number of hydrogen-bond acceptors (Lipinski definition) is 7. The number of nitrogens with one attached hydrogen (secondary N) is 3. The second-order valence-electron chi connectivity index (χ2n) is 5.17. The van der Waals surface area contributed by atoms with Crippen molar-refractivity contribution in [1.82, 2.24) is 5.32 Å². The first kappa shape index (κ1) is 22.3. The van der Waals surface area contributed by atoms with E-state index in [9.17, 15) is 14.4 Å². The van der Waals surface area contributed by atoms with Gasteiger partial charge in [0.1, 0.15) is 0 Å². The molecule has 1 rings (SSSR count). The van der Waals surface area contributed by atoms with Crippen molar-refractivity contribution in [3.63, 3.8) is 0 Å². The standard InChI is InChI=1S/C17H24N4O5S/c1-5-10-27-12-9-7-8-11(14(12)19-13(22)6-2)21(17(24)26-4)15(18)20-16(23)25-3/h7-9H,5-6,10H2,1-4H3,(H,19,22)(H2,18,20,23). The molecule has 0 saturated carbocycles. The topological polar surface area (TPSA) is 121 Å². The van der Waals surface area contributed by atoms with E-state index in [0.29, 0.717) is 5.69 Å². The van der Waals surface area contributed by atoms with E-state index in [0.717, 1.165) is 36.2 Å². The molecule has 0 aliphatic carbocycles. The van der Waals surface area contributed by atoms with Crippen molar-refractivity contribution in [3.8, 4) is 0 Å². The van der Waals surface area contributed by atoms with Gasteiger partial charge in [0.15, 0.2) is 0 Å². The number of ether oxygens (including phenoxy) is 2. The van der Waals surface area contributed by atoms with Crippen LogP contribution in [-0.2, 0) is 14.3 Å². The van der Waals surface area contributed by atoms with Gasteiger partial charge in [-0.05, 0) is 24.3 Å². The van der Waals surface area contributed by atoms with Crippen molar-refractivity contribution in [2.24, 2.45) is 0 Å². The number of amides is 3. The molecule has 1 aromatic carbocycles. The molecule has 0 aliphatic rings. The molecule has 0 spiro atoms. The summed E-state index contributed by atoms with van der Waals surface area (Å²) in [4.78, 5) is 37.4. The van der Waals surface area contributed by atoms with Crippen LogP contribution in [0.5, 0.6) is 0 Å². The van der Waals surface area contributed by atoms with Crippen LogP contribution in [0.1, 0.15) is 26.7 Å². The Kier molecular flexibility index (Phi) is 9.14. The summed E-state index contributed by atoms with van der Waals surface area (Å²) in [6.45, 7) is 3.73. The Labute approximate surface area is 162 Å². The van der Waals surface area contributed by atoms with Crippen LogP contribution in [0.3, 0.4) is 0 Å². The number of para-hydroxylation sites is 1. The molecular formula is C17H24N4O5S. The Morgan fingerprint density at radius 1 is 1.19 bits per heavy atom. The summed E-state index contributed by atoms with van der Waals surface area (Å²) in [7, 11) is 2.29. The number of nitrogens with zero attached hydrogens (tertiary/aromatic N) is 1. The number of thioether (sulfide) groups is 1. The van der Waals surface area contributed by atoms with Crippen LogP contribution in [0.25, 0.3) is 0 Å². The van der Waals surface area contributed by atoms with Crippen LogP contribution >= 0.6 is 11.8 Å². The van der Waals surface area contributed by atoms with Gasteiger partial charge in [-0.3, -0.25) is 15.5 Å². The van der Waals surface area contributed by atoms with Gasteiger partial charge in [-0.15, -0.1) is 11.8 Å². The second kappa shape index (κ2) is 11.1. The smallest absolute Gasteiger partial charge is 0.421 e. The highest BCUT2D eigenvalue weighted by atomic mass is 32.2. The zero-order valence-corrected chi connectivity index (χ0v) is 16.6. The number of carbonyl (C=O) groups is 3. The van der Waals surface area contributed by atoms with Crippen LogP contribution in [0.15, 0.2) is 23.1 Å². The molecule has 0 atom stereocenters. The monoisotopic (exact) mass is 396 g/mol. The summed E-state index contributed by atoms with van der Waals surface area (Å²) in [5.41, 5.74) is 0.566. The minimum absolute atomic E-state index is 0.200. The maximum absolute atomic E-state index is 12.3. The molecule has 0 aliphatic heterocycles. The third kappa shape index (κ3) is 6.17. The molecule has 0 fully saturated rings. The van der Waals surface area contributed by atoms with Crippen molar-refractivity contribution >= 4 is 47.2 Å². The Bertz CT molecular complexity index is 711. The molecule has 0 aromatic heterocycles. The van der Waals surface area contributed by atoms with Gasteiger partial charge in [-0.1, -0.05) is 19.9 Å². The molecule has 3 amide bonds. The zero-order valence-electron chi connectivity index (χ0n) is 15.8. The molecule has 3 N–H and O–H groups in total. The van der Waals surface area contributed by atoms with Crippen LogP contribution in [0, 0.1) is 5.41 Å². The van der Waals surface area contributed by atoms with Gasteiger partial charge in [0.2, 0.25) is 11.9 Å². The summed E-state index contributed by atoms with van der Waals surface area (Å²) in [6, 6.07) is 5.05. The maximum Gasteiger partial charge on any atom is 0.421 e. The molecule has 9 nitrogen and oxygen atoms in total. The van der Waals surface area contributed by atoms with E-state index in [1.807, 2.05) is 13.0 Å². The predicted octanol–water partition coefficient (Wildman–Crippen LogP) is 3.40. The number of anilines is 2. The predicted molar refractivity (Wildman–Crippen MR) is 105 cm³/mol. The Hall–Kier alpha value is -2.75. The zero-order chi connectivity index (χ0) is 20.4. The number of alkyl carbamates (subject to hydrolysis) is 1. The fourth-order valence-corrected chi connectivity index (χ4v) is 2.90. The van der Waals surface area contributed by atoms with Gasteiger partial charge < -0.3 is 14.8 Å². The minimum Gasteiger partial charge on any atom is -0.453 e. The lowest BCUT2D eigenvalue weighted by molar-refractivity contribution is -0.115. The lowest BCUT2D eigenvalue weighted by Crippen LogP contribution is -2.47. The van der Waals surface area contributed by atoms with Crippen molar-refractivity contribution in [3.05, 3.63) is 18.2 Å². The van der Waals surface area contributed by atoms with Crippen molar-refractivity contribution in [2.45, 2.75) is 31.6 Å². The second-order valence-corrected chi connectivity index (χ2v) is 6.31. The summed E-state index contributed by atoms with van der Waals surface area (Å²) in [6.07, 6.45) is -0.663. The lowest BCUT2D eigenvalue weighted by atomic mass is 10.2. The molecule has 0 saturated heterocycles. The van der Waals surface area contributed by atoms with Gasteiger partial charge in [0.25, 0.3) is 0 Å². The first-order chi connectivity index (χ1) is 12.9. The van der Waals surface area contributed by atoms with E-state index >= 15 is 0 Å². The van der Waals surface area contributed by atoms with E-state index in [1.165, 1.54) is 11.8 Å². The fraction of sp³-hybridized carbons (Fsp3) is 0.412. The fourth-order valence-electron chi connectivity index (χ4n) is 2.00. The number of carbonyl (C=O) groups excluding carboxylic acids is 3. The molecule has 0 heterocycles. The average molecular weight is 396 g/mol. The van der Waals surface area contributed by atoms with Crippen LogP contribution in [0.2, 0.25) is 0 Å². The summed E-state index contributed by atoms with van der Waals surface area (Å²) in [5, 5.41) is 13.0. The quantitative estimate of drug-likeness (QED) is 0.385. The molecule has 1 aromatic rings. The molecule has 148 valence electrons. The number of methoxy groups -OCH3 is 2. The first-order valence-corrected chi connectivity index (χ1v) is 9.25. The van der Waals surface area contributed by atoms with Crippen molar-refractivity contribution < 1.29 is 23.9 Å². The number of benzene rings is 1. The number of rotatable bonds is 6. The van der Waals surface area contributed by atoms with Crippen LogP contribution in [-0.4, -0.2) is 44.0 Å². The molecule has 0 radical (unpaired) electrons. The van der Waals surface area contributed by atoms with E-state index in [-0.39, 0.29) is 18.0 Å². The van der Waals surface area contributed by atoms with E-state index in [1.54, 1.807) is 19.1 Å². The third-order valence-corrected chi connectivity index (χ3v) is 4.54. The SMILES string of the molecule is CCCSc1cccc(N(C(=N)NC(=O)OC)C(=O)OC)c1NC(=O)CC. The third-order valence-electron chi connectivity index (χ3n) is 3.28. The Morgan fingerprint density at radius 3 is 2.44 bits per heavy atom. The summed E-state index contributed by atoms with van der Waals surface area (Å²) < 4.78 is 9.21. The highest BCUT2D eigenvalue weighted by Gasteiger charge is 2.27. The van der Waals surface area contributed by atoms with Crippen LogP contribution < -0.4 is 15.5 Å². The van der Waals surface area contributed by atoms with E-state index < -0.39 is 18.1 Å². The van der Waals surface area contributed by atoms with Gasteiger partial charge >= 0.3 is 12.2 Å². The maximum atomic E-state index is 12.3. The van der Waals surface area contributed by atoms with Gasteiger partial charge in [0, 0.05) is 11.3 Å². The first-order valence-electron chi connectivity index (χ1n) is 8.26. The van der Waals surface area contributed by atoms with Gasteiger partial charge in [0.05, 0.1) is 25.6 Å². The average Bonchev–Trinajstić information content (AvgIpc) is 2.67. The summed E-state index contributed by atoms with van der Waals surface area (Å²) >= 11 is 1.50. The molecule has 27 heavy (non-hydrogen) atoms. The van der Waals surface area contributed by atoms with E-state index in [4.69, 9.17) is 10.1 Å². The number of guanidine groups is 1. The van der Waals surface area contributed by atoms with Gasteiger partial charge in [-0.2, -0.15) is 0 Å². The highest BCUT2D eigenvalue weighted by Crippen LogP contribution is 2.36. The van der Waals surface area contributed by atoms with E-state index in [2.05, 4.69) is 15.4 Å². The molecular weight excluding hydrogens is 372 g/mol. The highest BCUT2D eigenvalue weighted by molar-refractivity contribution is 7.99. The van der Waals surface area contributed by atoms with Gasteiger partial charge in [-0.25, -0.2) is 14.5 Å². The minimum atomic E-state index is -0.912.